The van der Waals surface area contributed by atoms with E-state index in [0.717, 1.165) is 11.0 Å². The number of carbonyl (C=O) groups excluding carboxylic acids is 2. The lowest BCUT2D eigenvalue weighted by molar-refractivity contribution is -0.121. The lowest BCUT2D eigenvalue weighted by atomic mass is 10.2. The Morgan fingerprint density at radius 3 is 2.83 bits per heavy atom. The van der Waals surface area contributed by atoms with Crippen LogP contribution in [0.5, 0.6) is 0 Å². The molecular formula is C13H15N3O2. The van der Waals surface area contributed by atoms with Gasteiger partial charge in [-0.2, -0.15) is 0 Å². The predicted molar refractivity (Wildman–Crippen MR) is 69.3 cm³/mol. The fraction of sp³-hybridized carbons (Fsp3) is 0.308. The maximum atomic E-state index is 11.6. The first kappa shape index (κ1) is 12.3. The van der Waals surface area contributed by atoms with E-state index in [4.69, 9.17) is 0 Å². The number of amides is 1. The van der Waals surface area contributed by atoms with Gasteiger partial charge in [-0.3, -0.25) is 4.79 Å². The van der Waals surface area contributed by atoms with Crippen LogP contribution >= 0.6 is 0 Å². The van der Waals surface area contributed by atoms with Gasteiger partial charge in [-0.1, -0.05) is 0 Å². The van der Waals surface area contributed by atoms with Gasteiger partial charge in [0.05, 0.1) is 17.4 Å². The highest BCUT2D eigenvalue weighted by molar-refractivity contribution is 5.94. The molecule has 1 aromatic heterocycles. The Morgan fingerprint density at radius 2 is 2.11 bits per heavy atom. The second kappa shape index (κ2) is 5.00. The fourth-order valence-electron chi connectivity index (χ4n) is 1.73. The summed E-state index contributed by atoms with van der Waals surface area (Å²) >= 11 is 0. The van der Waals surface area contributed by atoms with Crippen LogP contribution in [0.15, 0.2) is 24.5 Å². The topological polar surface area (TPSA) is 64.0 Å². The summed E-state index contributed by atoms with van der Waals surface area (Å²) in [6.07, 6.45) is 2.22. The number of anilines is 1. The molecule has 0 saturated heterocycles. The van der Waals surface area contributed by atoms with Crippen molar-refractivity contribution in [3.05, 3.63) is 24.5 Å². The van der Waals surface area contributed by atoms with Crippen LogP contribution in [0.25, 0.3) is 11.0 Å². The molecule has 0 spiro atoms. The number of aryl methyl sites for hydroxylation is 1. The third-order valence-corrected chi connectivity index (χ3v) is 2.71. The molecule has 94 valence electrons. The number of benzene rings is 1. The van der Waals surface area contributed by atoms with Gasteiger partial charge in [0, 0.05) is 25.6 Å². The van der Waals surface area contributed by atoms with Crippen LogP contribution in [0.2, 0.25) is 0 Å². The van der Waals surface area contributed by atoms with Gasteiger partial charge < -0.3 is 14.7 Å². The number of Topliss-reactive ketones (excluding diaryl/α,β-unsaturated/α-hetero) is 1. The Kier molecular flexibility index (Phi) is 3.41. The highest BCUT2D eigenvalue weighted by atomic mass is 16.2. The molecular weight excluding hydrogens is 230 g/mol. The van der Waals surface area contributed by atoms with Crippen LogP contribution in [-0.4, -0.2) is 21.2 Å². The highest BCUT2D eigenvalue weighted by Gasteiger charge is 2.06. The molecule has 0 fully saturated rings. The molecule has 2 aromatic rings. The van der Waals surface area contributed by atoms with E-state index in [2.05, 4.69) is 10.3 Å². The van der Waals surface area contributed by atoms with Crippen molar-refractivity contribution in [2.45, 2.75) is 19.8 Å². The number of imidazole rings is 1. The van der Waals surface area contributed by atoms with E-state index in [-0.39, 0.29) is 24.5 Å². The molecule has 0 bridgehead atoms. The number of ketones is 1. The summed E-state index contributed by atoms with van der Waals surface area (Å²) in [5, 5.41) is 2.76. The Hall–Kier alpha value is -2.17. The summed E-state index contributed by atoms with van der Waals surface area (Å²) < 4.78 is 1.91. The van der Waals surface area contributed by atoms with E-state index in [0.29, 0.717) is 5.69 Å². The average Bonchev–Trinajstić information content (AvgIpc) is 2.68. The maximum absolute atomic E-state index is 11.6. The van der Waals surface area contributed by atoms with Gasteiger partial charge in [0.15, 0.2) is 0 Å². The number of hydrogen-bond donors (Lipinski definition) is 1. The normalized spacial score (nSPS) is 10.6. The first-order valence-corrected chi connectivity index (χ1v) is 5.76. The van der Waals surface area contributed by atoms with Crippen LogP contribution in [0.3, 0.4) is 0 Å². The summed E-state index contributed by atoms with van der Waals surface area (Å²) in [7, 11) is 1.92. The smallest absolute Gasteiger partial charge is 0.224 e. The average molecular weight is 245 g/mol. The number of hydrogen-bond acceptors (Lipinski definition) is 3. The number of carbonyl (C=O) groups is 2. The summed E-state index contributed by atoms with van der Waals surface area (Å²) in [6.45, 7) is 1.48. The number of aromatic nitrogens is 2. The monoisotopic (exact) mass is 245 g/mol. The van der Waals surface area contributed by atoms with Gasteiger partial charge in [0.1, 0.15) is 5.78 Å². The molecule has 0 aliphatic carbocycles. The predicted octanol–water partition coefficient (Wildman–Crippen LogP) is 1.88. The second-order valence-corrected chi connectivity index (χ2v) is 4.31. The first-order chi connectivity index (χ1) is 8.56. The molecule has 1 N–H and O–H groups in total. The standard InChI is InChI=1S/C13H15N3O2/c1-9(17)3-6-13(18)15-10-4-5-12-11(7-10)14-8-16(12)2/h4-5,7-8H,3,6H2,1-2H3,(H,15,18). The maximum Gasteiger partial charge on any atom is 0.224 e. The second-order valence-electron chi connectivity index (χ2n) is 4.31. The Bertz CT molecular complexity index is 601. The molecule has 0 radical (unpaired) electrons. The van der Waals surface area contributed by atoms with Crippen molar-refractivity contribution >= 4 is 28.4 Å². The van der Waals surface area contributed by atoms with E-state index in [9.17, 15) is 9.59 Å². The quantitative estimate of drug-likeness (QED) is 0.894. The molecule has 18 heavy (non-hydrogen) atoms. The fourth-order valence-corrected chi connectivity index (χ4v) is 1.73. The largest absolute Gasteiger partial charge is 0.334 e. The van der Waals surface area contributed by atoms with Crippen LogP contribution in [0.1, 0.15) is 19.8 Å². The van der Waals surface area contributed by atoms with E-state index in [1.54, 1.807) is 6.33 Å². The Labute approximate surface area is 105 Å². The molecule has 1 heterocycles. The molecule has 0 saturated carbocycles. The van der Waals surface area contributed by atoms with Crippen molar-refractivity contribution in [3.63, 3.8) is 0 Å². The Morgan fingerprint density at radius 1 is 1.33 bits per heavy atom. The number of fused-ring (bicyclic) bond motifs is 1. The van der Waals surface area contributed by atoms with E-state index >= 15 is 0 Å². The highest BCUT2D eigenvalue weighted by Crippen LogP contribution is 2.17. The molecule has 0 atom stereocenters. The van der Waals surface area contributed by atoms with Gasteiger partial charge in [-0.05, 0) is 25.1 Å². The third-order valence-electron chi connectivity index (χ3n) is 2.71. The molecule has 2 rings (SSSR count). The minimum absolute atomic E-state index is 0.0188. The SMILES string of the molecule is CC(=O)CCC(=O)Nc1ccc2c(c1)ncn2C. The number of rotatable bonds is 4. The van der Waals surface area contributed by atoms with Crippen molar-refractivity contribution in [1.82, 2.24) is 9.55 Å². The van der Waals surface area contributed by atoms with Crippen molar-refractivity contribution in [3.8, 4) is 0 Å². The third kappa shape index (κ3) is 2.74. The van der Waals surface area contributed by atoms with E-state index in [1.165, 1.54) is 6.92 Å². The molecule has 0 unspecified atom stereocenters. The van der Waals surface area contributed by atoms with E-state index < -0.39 is 0 Å². The van der Waals surface area contributed by atoms with Gasteiger partial charge in [-0.25, -0.2) is 4.98 Å². The molecule has 1 aromatic carbocycles. The van der Waals surface area contributed by atoms with Gasteiger partial charge >= 0.3 is 0 Å². The minimum Gasteiger partial charge on any atom is -0.334 e. The zero-order chi connectivity index (χ0) is 13.1. The lowest BCUT2D eigenvalue weighted by Crippen LogP contribution is -2.12. The van der Waals surface area contributed by atoms with Crippen molar-refractivity contribution in [2.75, 3.05) is 5.32 Å². The van der Waals surface area contributed by atoms with Crippen LogP contribution in [0, 0.1) is 0 Å². The van der Waals surface area contributed by atoms with Crippen molar-refractivity contribution in [1.29, 1.82) is 0 Å². The van der Waals surface area contributed by atoms with Crippen LogP contribution < -0.4 is 5.32 Å². The number of nitrogens with one attached hydrogen (secondary N) is 1. The molecule has 1 amide bonds. The van der Waals surface area contributed by atoms with Crippen molar-refractivity contribution < 1.29 is 9.59 Å². The van der Waals surface area contributed by atoms with E-state index in [1.807, 2.05) is 29.8 Å². The zero-order valence-electron chi connectivity index (χ0n) is 10.4. The summed E-state index contributed by atoms with van der Waals surface area (Å²) in [5.41, 5.74) is 2.55. The molecule has 5 heteroatoms. The summed E-state index contributed by atoms with van der Waals surface area (Å²) in [5.74, 6) is -0.134. The zero-order valence-corrected chi connectivity index (χ0v) is 10.4. The minimum atomic E-state index is -0.152. The van der Waals surface area contributed by atoms with Crippen LogP contribution in [0.4, 0.5) is 5.69 Å². The molecule has 5 nitrogen and oxygen atoms in total. The summed E-state index contributed by atoms with van der Waals surface area (Å²) in [6, 6.07) is 5.56. The summed E-state index contributed by atoms with van der Waals surface area (Å²) in [4.78, 5) is 26.6. The van der Waals surface area contributed by atoms with Crippen LogP contribution in [-0.2, 0) is 16.6 Å². The molecule has 0 aliphatic rings. The van der Waals surface area contributed by atoms with Crippen molar-refractivity contribution in [2.24, 2.45) is 7.05 Å². The molecule has 0 aliphatic heterocycles. The Balaban J connectivity index is 2.07. The lowest BCUT2D eigenvalue weighted by Gasteiger charge is -2.04. The number of nitrogens with zero attached hydrogens (tertiary/aromatic N) is 2. The first-order valence-electron chi connectivity index (χ1n) is 5.76. The van der Waals surface area contributed by atoms with Gasteiger partial charge in [-0.15, -0.1) is 0 Å². The van der Waals surface area contributed by atoms with Gasteiger partial charge in [0.25, 0.3) is 0 Å². The van der Waals surface area contributed by atoms with Gasteiger partial charge in [0.2, 0.25) is 5.91 Å².